The standard InChI is InChI=1S/C11H11FN2O2/c12-8-3-1-7(2-4-8)6-14-9(11(13)16)5-10(14)15/h1-4,9H,5-6H2,(H2,13,16)/t9-/m0/s1. The molecule has 0 aliphatic carbocycles. The van der Waals surface area contributed by atoms with Gasteiger partial charge in [-0.1, -0.05) is 12.1 Å². The molecule has 1 aliphatic heterocycles. The number of likely N-dealkylation sites (tertiary alicyclic amines) is 1. The Morgan fingerprint density at radius 1 is 1.44 bits per heavy atom. The molecule has 0 spiro atoms. The van der Waals surface area contributed by atoms with Gasteiger partial charge in [0.25, 0.3) is 0 Å². The summed E-state index contributed by atoms with van der Waals surface area (Å²) in [4.78, 5) is 23.6. The Balaban J connectivity index is 2.06. The van der Waals surface area contributed by atoms with E-state index in [0.29, 0.717) is 6.54 Å². The zero-order valence-electron chi connectivity index (χ0n) is 8.52. The lowest BCUT2D eigenvalue weighted by Gasteiger charge is -2.38. The second-order valence-electron chi connectivity index (χ2n) is 3.77. The highest BCUT2D eigenvalue weighted by Crippen LogP contribution is 2.21. The summed E-state index contributed by atoms with van der Waals surface area (Å²) in [6, 6.07) is 5.29. The van der Waals surface area contributed by atoms with Crippen molar-refractivity contribution in [3.63, 3.8) is 0 Å². The zero-order valence-corrected chi connectivity index (χ0v) is 8.52. The van der Waals surface area contributed by atoms with E-state index in [2.05, 4.69) is 0 Å². The molecule has 1 atom stereocenters. The van der Waals surface area contributed by atoms with E-state index in [-0.39, 0.29) is 18.1 Å². The van der Waals surface area contributed by atoms with Crippen LogP contribution in [0.5, 0.6) is 0 Å². The van der Waals surface area contributed by atoms with Crippen LogP contribution in [-0.2, 0) is 16.1 Å². The molecule has 84 valence electrons. The monoisotopic (exact) mass is 222 g/mol. The van der Waals surface area contributed by atoms with Gasteiger partial charge in [-0.15, -0.1) is 0 Å². The molecule has 0 aromatic heterocycles. The van der Waals surface area contributed by atoms with Crippen molar-refractivity contribution >= 4 is 11.8 Å². The molecule has 4 nitrogen and oxygen atoms in total. The van der Waals surface area contributed by atoms with Crippen LogP contribution in [0.3, 0.4) is 0 Å². The van der Waals surface area contributed by atoms with Crippen LogP contribution >= 0.6 is 0 Å². The maximum Gasteiger partial charge on any atom is 0.240 e. The number of carbonyl (C=O) groups is 2. The fourth-order valence-electron chi connectivity index (χ4n) is 1.69. The molecule has 5 heteroatoms. The van der Waals surface area contributed by atoms with Crippen LogP contribution in [0.2, 0.25) is 0 Å². The van der Waals surface area contributed by atoms with Crippen molar-refractivity contribution in [2.45, 2.75) is 19.0 Å². The number of amides is 2. The summed E-state index contributed by atoms with van der Waals surface area (Å²) in [5.74, 6) is -0.931. The predicted octanol–water partition coefficient (Wildman–Crippen LogP) is 0.412. The van der Waals surface area contributed by atoms with Gasteiger partial charge in [-0.25, -0.2) is 4.39 Å². The topological polar surface area (TPSA) is 63.4 Å². The highest BCUT2D eigenvalue weighted by molar-refractivity contribution is 5.96. The average Bonchev–Trinajstić information content (AvgIpc) is 2.24. The molecule has 1 fully saturated rings. The van der Waals surface area contributed by atoms with Crippen LogP contribution in [0.1, 0.15) is 12.0 Å². The average molecular weight is 222 g/mol. The number of nitrogens with zero attached hydrogens (tertiary/aromatic N) is 1. The maximum absolute atomic E-state index is 12.6. The number of hydrogen-bond acceptors (Lipinski definition) is 2. The fraction of sp³-hybridized carbons (Fsp3) is 0.273. The van der Waals surface area contributed by atoms with Crippen molar-refractivity contribution in [2.75, 3.05) is 0 Å². The third-order valence-electron chi connectivity index (χ3n) is 2.66. The molecule has 1 aromatic rings. The van der Waals surface area contributed by atoms with E-state index in [1.165, 1.54) is 17.0 Å². The number of rotatable bonds is 3. The number of carbonyl (C=O) groups excluding carboxylic acids is 2. The van der Waals surface area contributed by atoms with Gasteiger partial charge in [0, 0.05) is 6.54 Å². The van der Waals surface area contributed by atoms with Gasteiger partial charge in [-0.05, 0) is 17.7 Å². The van der Waals surface area contributed by atoms with Gasteiger partial charge in [-0.3, -0.25) is 9.59 Å². The second kappa shape index (κ2) is 3.92. The highest BCUT2D eigenvalue weighted by atomic mass is 19.1. The summed E-state index contributed by atoms with van der Waals surface area (Å²) in [6.45, 7) is 0.298. The second-order valence-corrected chi connectivity index (χ2v) is 3.77. The van der Waals surface area contributed by atoms with Crippen LogP contribution in [0.25, 0.3) is 0 Å². The van der Waals surface area contributed by atoms with E-state index in [1.807, 2.05) is 0 Å². The van der Waals surface area contributed by atoms with Crippen molar-refractivity contribution in [2.24, 2.45) is 5.73 Å². The Morgan fingerprint density at radius 3 is 2.56 bits per heavy atom. The van der Waals surface area contributed by atoms with Gasteiger partial charge in [0.2, 0.25) is 11.8 Å². The van der Waals surface area contributed by atoms with E-state index in [9.17, 15) is 14.0 Å². The molecule has 2 N–H and O–H groups in total. The Kier molecular flexibility index (Phi) is 2.60. The summed E-state index contributed by atoms with van der Waals surface area (Å²) in [5.41, 5.74) is 5.91. The molecule has 0 saturated carbocycles. The molecular formula is C11H11FN2O2. The van der Waals surface area contributed by atoms with Crippen LogP contribution in [-0.4, -0.2) is 22.8 Å². The normalized spacial score (nSPS) is 19.4. The molecule has 1 aliphatic rings. The number of benzene rings is 1. The molecule has 1 heterocycles. The van der Waals surface area contributed by atoms with E-state index in [0.717, 1.165) is 5.56 Å². The number of nitrogens with two attached hydrogens (primary N) is 1. The maximum atomic E-state index is 12.6. The minimum Gasteiger partial charge on any atom is -0.368 e. The Bertz CT molecular complexity index is 430. The summed E-state index contributed by atoms with van der Waals surface area (Å²) in [7, 11) is 0. The van der Waals surface area contributed by atoms with E-state index in [4.69, 9.17) is 5.73 Å². The van der Waals surface area contributed by atoms with Crippen LogP contribution in [0.15, 0.2) is 24.3 Å². The Labute approximate surface area is 91.8 Å². The zero-order chi connectivity index (χ0) is 11.7. The lowest BCUT2D eigenvalue weighted by Crippen LogP contribution is -2.57. The van der Waals surface area contributed by atoms with Crippen LogP contribution < -0.4 is 5.73 Å². The first-order chi connectivity index (χ1) is 7.58. The predicted molar refractivity (Wildman–Crippen MR) is 54.5 cm³/mol. The lowest BCUT2D eigenvalue weighted by atomic mass is 10.00. The van der Waals surface area contributed by atoms with Crippen LogP contribution in [0, 0.1) is 5.82 Å². The molecule has 0 bridgehead atoms. The quantitative estimate of drug-likeness (QED) is 0.753. The van der Waals surface area contributed by atoms with Gasteiger partial charge in [-0.2, -0.15) is 0 Å². The fourth-order valence-corrected chi connectivity index (χ4v) is 1.69. The molecule has 16 heavy (non-hydrogen) atoms. The first kappa shape index (κ1) is 10.6. The summed E-state index contributed by atoms with van der Waals surface area (Å²) >= 11 is 0. The van der Waals surface area contributed by atoms with Crippen molar-refractivity contribution < 1.29 is 14.0 Å². The van der Waals surface area contributed by atoms with Gasteiger partial charge in [0.1, 0.15) is 11.9 Å². The van der Waals surface area contributed by atoms with E-state index in [1.54, 1.807) is 12.1 Å². The first-order valence-corrected chi connectivity index (χ1v) is 4.91. The molecule has 2 rings (SSSR count). The molecule has 0 radical (unpaired) electrons. The van der Waals surface area contributed by atoms with E-state index < -0.39 is 11.9 Å². The third kappa shape index (κ3) is 1.88. The molecule has 0 unspecified atom stereocenters. The van der Waals surface area contributed by atoms with Crippen molar-refractivity contribution in [1.29, 1.82) is 0 Å². The number of primary amides is 1. The molecule has 1 saturated heterocycles. The largest absolute Gasteiger partial charge is 0.368 e. The van der Waals surface area contributed by atoms with E-state index >= 15 is 0 Å². The van der Waals surface area contributed by atoms with Crippen LogP contribution in [0.4, 0.5) is 4.39 Å². The Morgan fingerprint density at radius 2 is 2.06 bits per heavy atom. The van der Waals surface area contributed by atoms with Gasteiger partial charge in [0.05, 0.1) is 6.42 Å². The summed E-state index contributed by atoms with van der Waals surface area (Å²) in [5, 5.41) is 0. The van der Waals surface area contributed by atoms with Crippen molar-refractivity contribution in [3.8, 4) is 0 Å². The van der Waals surface area contributed by atoms with Gasteiger partial charge >= 0.3 is 0 Å². The minimum absolute atomic E-state index is 0.104. The number of β-lactam (4-membered cyclic amide) rings is 1. The van der Waals surface area contributed by atoms with Gasteiger partial charge in [0.15, 0.2) is 0 Å². The Hall–Kier alpha value is -1.91. The lowest BCUT2D eigenvalue weighted by molar-refractivity contribution is -0.153. The summed E-state index contributed by atoms with van der Waals surface area (Å²) in [6.07, 6.45) is 0.177. The van der Waals surface area contributed by atoms with Crippen molar-refractivity contribution in [1.82, 2.24) is 4.90 Å². The third-order valence-corrected chi connectivity index (χ3v) is 2.66. The molecular weight excluding hydrogens is 211 g/mol. The highest BCUT2D eigenvalue weighted by Gasteiger charge is 2.39. The molecule has 1 aromatic carbocycles. The van der Waals surface area contributed by atoms with Crippen molar-refractivity contribution in [3.05, 3.63) is 35.6 Å². The van der Waals surface area contributed by atoms with Gasteiger partial charge < -0.3 is 10.6 Å². The smallest absolute Gasteiger partial charge is 0.240 e. The summed E-state index contributed by atoms with van der Waals surface area (Å²) < 4.78 is 12.6. The SMILES string of the molecule is NC(=O)[C@@H]1CC(=O)N1Cc1ccc(F)cc1. The molecule has 2 amide bonds. The number of halogens is 1. The number of hydrogen-bond donors (Lipinski definition) is 1. The minimum atomic E-state index is -0.516. The first-order valence-electron chi connectivity index (χ1n) is 4.91.